The molecule has 152 valence electrons. The lowest BCUT2D eigenvalue weighted by Crippen LogP contribution is -2.41. The minimum atomic E-state index is -0.0841. The summed E-state index contributed by atoms with van der Waals surface area (Å²) in [6.45, 7) is 7.39. The van der Waals surface area contributed by atoms with E-state index in [9.17, 15) is 4.79 Å². The minimum Gasteiger partial charge on any atom is -0.345 e. The number of para-hydroxylation sites is 1. The topological polar surface area (TPSA) is 37.3 Å². The molecule has 2 amide bonds. The molecule has 29 heavy (non-hydrogen) atoms. The van der Waals surface area contributed by atoms with Crippen molar-refractivity contribution in [3.8, 4) is 0 Å². The predicted molar refractivity (Wildman–Crippen MR) is 120 cm³/mol. The average Bonchev–Trinajstić information content (AvgIpc) is 3.15. The van der Waals surface area contributed by atoms with Gasteiger partial charge in [0.05, 0.1) is 6.54 Å². The van der Waals surface area contributed by atoms with E-state index in [1.807, 2.05) is 72.6 Å². The molecule has 0 bridgehead atoms. The Morgan fingerprint density at radius 3 is 2.55 bits per heavy atom. The van der Waals surface area contributed by atoms with Crippen LogP contribution in [0.4, 0.5) is 10.5 Å². The molecular formula is C24H28ClN3O. The molecule has 0 aliphatic carbocycles. The number of nitrogens with zero attached hydrogens (tertiary/aromatic N) is 2. The van der Waals surface area contributed by atoms with Crippen LogP contribution < -0.4 is 5.32 Å². The highest BCUT2D eigenvalue weighted by molar-refractivity contribution is 6.31. The number of carbonyl (C=O) groups is 1. The molecular weight excluding hydrogens is 382 g/mol. The Morgan fingerprint density at radius 2 is 1.83 bits per heavy atom. The van der Waals surface area contributed by atoms with Gasteiger partial charge in [-0.1, -0.05) is 54.9 Å². The predicted octanol–water partition coefficient (Wildman–Crippen LogP) is 6.33. The quantitative estimate of drug-likeness (QED) is 0.486. The zero-order valence-corrected chi connectivity index (χ0v) is 18.0. The summed E-state index contributed by atoms with van der Waals surface area (Å²) < 4.78 is 2.15. The molecule has 1 aromatic heterocycles. The number of urea groups is 1. The largest absolute Gasteiger partial charge is 0.345 e. The summed E-state index contributed by atoms with van der Waals surface area (Å²) in [6.07, 6.45) is 2.92. The van der Waals surface area contributed by atoms with Crippen molar-refractivity contribution in [2.75, 3.05) is 5.32 Å². The molecule has 0 radical (unpaired) electrons. The number of hydrogen-bond donors (Lipinski definition) is 1. The van der Waals surface area contributed by atoms with E-state index in [4.69, 9.17) is 11.6 Å². The smallest absolute Gasteiger partial charge is 0.322 e. The maximum absolute atomic E-state index is 13.1. The van der Waals surface area contributed by atoms with Gasteiger partial charge in [-0.2, -0.15) is 0 Å². The number of carbonyl (C=O) groups excluding carboxylic acids is 1. The Balaban J connectivity index is 1.79. The molecule has 0 fully saturated rings. The van der Waals surface area contributed by atoms with Crippen molar-refractivity contribution in [3.05, 3.63) is 88.7 Å². The maximum Gasteiger partial charge on any atom is 0.322 e. The third kappa shape index (κ3) is 5.21. The van der Waals surface area contributed by atoms with Gasteiger partial charge in [-0.05, 0) is 55.7 Å². The summed E-state index contributed by atoms with van der Waals surface area (Å²) in [6, 6.07) is 19.8. The monoisotopic (exact) mass is 409 g/mol. The van der Waals surface area contributed by atoms with Crippen molar-refractivity contribution in [2.24, 2.45) is 0 Å². The van der Waals surface area contributed by atoms with E-state index < -0.39 is 0 Å². The second-order valence-electron chi connectivity index (χ2n) is 7.35. The Hall–Kier alpha value is -2.72. The SMILES string of the molecule is CCC(C)N(Cc1cccn1Cc1ccccc1Cl)C(=O)Nc1ccccc1C. The third-order valence-corrected chi connectivity index (χ3v) is 5.69. The first kappa shape index (κ1) is 21.0. The number of amides is 2. The standard InChI is InChI=1S/C24H28ClN3O/c1-4-19(3)28(24(29)26-23-14-8-5-10-18(23)2)17-21-12-9-15-27(21)16-20-11-6-7-13-22(20)25/h5-15,19H,4,16-17H2,1-3H3,(H,26,29). The second kappa shape index (κ2) is 9.66. The second-order valence-corrected chi connectivity index (χ2v) is 7.76. The van der Waals surface area contributed by atoms with E-state index in [1.165, 1.54) is 0 Å². The number of aryl methyl sites for hydroxylation is 1. The lowest BCUT2D eigenvalue weighted by Gasteiger charge is -2.29. The molecule has 0 saturated carbocycles. The van der Waals surface area contributed by atoms with Gasteiger partial charge in [0.1, 0.15) is 0 Å². The van der Waals surface area contributed by atoms with E-state index in [1.54, 1.807) is 0 Å². The highest BCUT2D eigenvalue weighted by Gasteiger charge is 2.21. The van der Waals surface area contributed by atoms with Crippen LogP contribution in [-0.4, -0.2) is 21.5 Å². The van der Waals surface area contributed by atoms with E-state index in [0.717, 1.165) is 34.0 Å². The number of hydrogen-bond acceptors (Lipinski definition) is 1. The molecule has 1 N–H and O–H groups in total. The summed E-state index contributed by atoms with van der Waals surface area (Å²) in [5, 5.41) is 3.83. The van der Waals surface area contributed by atoms with Crippen molar-refractivity contribution >= 4 is 23.3 Å². The zero-order valence-electron chi connectivity index (χ0n) is 17.2. The van der Waals surface area contributed by atoms with Gasteiger partial charge in [-0.3, -0.25) is 0 Å². The molecule has 1 atom stereocenters. The Kier molecular flexibility index (Phi) is 6.99. The fraction of sp³-hybridized carbons (Fsp3) is 0.292. The van der Waals surface area contributed by atoms with Gasteiger partial charge in [0, 0.05) is 35.2 Å². The van der Waals surface area contributed by atoms with Crippen molar-refractivity contribution in [1.82, 2.24) is 9.47 Å². The molecule has 0 saturated heterocycles. The van der Waals surface area contributed by atoms with E-state index >= 15 is 0 Å². The summed E-state index contributed by atoms with van der Waals surface area (Å²) >= 11 is 6.34. The van der Waals surface area contributed by atoms with Crippen LogP contribution in [0, 0.1) is 6.92 Å². The third-order valence-electron chi connectivity index (χ3n) is 5.32. The molecule has 1 heterocycles. The first-order valence-corrected chi connectivity index (χ1v) is 10.4. The highest BCUT2D eigenvalue weighted by atomic mass is 35.5. The van der Waals surface area contributed by atoms with Crippen molar-refractivity contribution in [3.63, 3.8) is 0 Å². The molecule has 0 aliphatic heterocycles. The first-order chi connectivity index (χ1) is 14.0. The van der Waals surface area contributed by atoms with Gasteiger partial charge in [-0.15, -0.1) is 0 Å². The van der Waals surface area contributed by atoms with Gasteiger partial charge < -0.3 is 14.8 Å². The molecule has 1 unspecified atom stereocenters. The number of benzene rings is 2. The zero-order chi connectivity index (χ0) is 20.8. The Bertz CT molecular complexity index is 966. The van der Waals surface area contributed by atoms with Gasteiger partial charge in [0.15, 0.2) is 0 Å². The van der Waals surface area contributed by atoms with Gasteiger partial charge in [0.25, 0.3) is 0 Å². The Labute approximate surface area is 178 Å². The summed E-state index contributed by atoms with van der Waals surface area (Å²) in [7, 11) is 0. The lowest BCUT2D eigenvalue weighted by atomic mass is 10.2. The van der Waals surface area contributed by atoms with E-state index in [-0.39, 0.29) is 12.1 Å². The van der Waals surface area contributed by atoms with E-state index in [0.29, 0.717) is 13.1 Å². The maximum atomic E-state index is 13.1. The fourth-order valence-electron chi connectivity index (χ4n) is 3.28. The molecule has 0 aliphatic rings. The summed E-state index contributed by atoms with van der Waals surface area (Å²) in [5.41, 5.74) is 4.03. The summed E-state index contributed by atoms with van der Waals surface area (Å²) in [5.74, 6) is 0. The normalized spacial score (nSPS) is 11.9. The number of aromatic nitrogens is 1. The van der Waals surface area contributed by atoms with Crippen LogP contribution >= 0.6 is 11.6 Å². The molecule has 5 heteroatoms. The first-order valence-electron chi connectivity index (χ1n) is 10.00. The molecule has 2 aromatic carbocycles. The van der Waals surface area contributed by atoms with Gasteiger partial charge in [-0.25, -0.2) is 4.79 Å². The summed E-state index contributed by atoms with van der Waals surface area (Å²) in [4.78, 5) is 15.0. The van der Waals surface area contributed by atoms with Crippen LogP contribution in [0.15, 0.2) is 66.9 Å². The fourth-order valence-corrected chi connectivity index (χ4v) is 3.48. The Morgan fingerprint density at radius 1 is 1.10 bits per heavy atom. The lowest BCUT2D eigenvalue weighted by molar-refractivity contribution is 0.185. The molecule has 0 spiro atoms. The van der Waals surface area contributed by atoms with Gasteiger partial charge >= 0.3 is 6.03 Å². The van der Waals surface area contributed by atoms with Crippen LogP contribution in [-0.2, 0) is 13.1 Å². The van der Waals surface area contributed by atoms with Crippen molar-refractivity contribution < 1.29 is 4.79 Å². The average molecular weight is 410 g/mol. The van der Waals surface area contributed by atoms with Crippen molar-refractivity contribution in [2.45, 2.75) is 46.3 Å². The number of rotatable bonds is 7. The van der Waals surface area contributed by atoms with Crippen LogP contribution in [0.3, 0.4) is 0 Å². The van der Waals surface area contributed by atoms with Crippen molar-refractivity contribution in [1.29, 1.82) is 0 Å². The van der Waals surface area contributed by atoms with Crippen LogP contribution in [0.2, 0.25) is 5.02 Å². The number of nitrogens with one attached hydrogen (secondary N) is 1. The van der Waals surface area contributed by atoms with Crippen LogP contribution in [0.25, 0.3) is 0 Å². The number of anilines is 1. The van der Waals surface area contributed by atoms with E-state index in [2.05, 4.69) is 29.8 Å². The van der Waals surface area contributed by atoms with Crippen LogP contribution in [0.5, 0.6) is 0 Å². The molecule has 4 nitrogen and oxygen atoms in total. The molecule has 3 rings (SSSR count). The van der Waals surface area contributed by atoms with Crippen LogP contribution in [0.1, 0.15) is 37.1 Å². The number of halogens is 1. The van der Waals surface area contributed by atoms with Gasteiger partial charge in [0.2, 0.25) is 0 Å². The molecule has 3 aromatic rings. The minimum absolute atomic E-state index is 0.0841. The highest BCUT2D eigenvalue weighted by Crippen LogP contribution is 2.20.